The number of aromatic carboxylic acids is 1. The van der Waals surface area contributed by atoms with Gasteiger partial charge in [0.15, 0.2) is 5.75 Å². The van der Waals surface area contributed by atoms with Crippen LogP contribution in [0.25, 0.3) is 11.0 Å². The number of benzene rings is 1. The van der Waals surface area contributed by atoms with Gasteiger partial charge in [0, 0.05) is 11.9 Å². The van der Waals surface area contributed by atoms with Gasteiger partial charge in [-0.2, -0.15) is 5.10 Å². The lowest BCUT2D eigenvalue weighted by molar-refractivity contribution is 0.0665. The van der Waals surface area contributed by atoms with Crippen molar-refractivity contribution >= 4 is 16.9 Å². The van der Waals surface area contributed by atoms with E-state index in [1.54, 1.807) is 16.9 Å². The first-order valence-corrected chi connectivity index (χ1v) is 6.56. The summed E-state index contributed by atoms with van der Waals surface area (Å²) in [6.07, 6.45) is 3.50. The number of ether oxygens (including phenoxy) is 1. The summed E-state index contributed by atoms with van der Waals surface area (Å²) in [5.41, 5.74) is 1.49. The number of fused-ring (bicyclic) bond motifs is 1. The summed E-state index contributed by atoms with van der Waals surface area (Å²) in [4.78, 5) is 10.9. The lowest BCUT2D eigenvalue weighted by Gasteiger charge is -2.03. The predicted molar refractivity (Wildman–Crippen MR) is 75.4 cm³/mol. The molecule has 0 radical (unpaired) electrons. The standard InChI is InChI=1S/C15H14N2O4/c1-2-17-8-12(7-16-17)20-9-10-3-4-13-11(5-10)6-14(21-13)15(18)19/h3-8H,2,9H2,1H3,(H,18,19). The van der Waals surface area contributed by atoms with Gasteiger partial charge in [0.05, 0.1) is 12.4 Å². The van der Waals surface area contributed by atoms with E-state index in [2.05, 4.69) is 5.10 Å². The zero-order valence-electron chi connectivity index (χ0n) is 11.4. The average molecular weight is 286 g/mol. The first-order chi connectivity index (χ1) is 10.2. The molecule has 2 heterocycles. The van der Waals surface area contributed by atoms with E-state index in [9.17, 15) is 4.79 Å². The Morgan fingerprint density at radius 1 is 1.43 bits per heavy atom. The number of aryl methyl sites for hydroxylation is 1. The third kappa shape index (κ3) is 2.74. The molecule has 0 spiro atoms. The van der Waals surface area contributed by atoms with E-state index in [4.69, 9.17) is 14.3 Å². The first kappa shape index (κ1) is 13.2. The molecule has 0 bridgehead atoms. The third-order valence-corrected chi connectivity index (χ3v) is 3.13. The van der Waals surface area contributed by atoms with Crippen LogP contribution in [-0.4, -0.2) is 20.9 Å². The molecule has 0 fully saturated rings. The number of nitrogens with zero attached hydrogens (tertiary/aromatic N) is 2. The minimum Gasteiger partial charge on any atom is -0.486 e. The van der Waals surface area contributed by atoms with Crippen LogP contribution in [0.3, 0.4) is 0 Å². The summed E-state index contributed by atoms with van der Waals surface area (Å²) < 4.78 is 12.6. The molecular weight excluding hydrogens is 272 g/mol. The molecule has 0 saturated carbocycles. The van der Waals surface area contributed by atoms with Gasteiger partial charge in [0.2, 0.25) is 5.76 Å². The van der Waals surface area contributed by atoms with Gasteiger partial charge in [-0.25, -0.2) is 4.79 Å². The van der Waals surface area contributed by atoms with Crippen molar-refractivity contribution in [2.45, 2.75) is 20.1 Å². The van der Waals surface area contributed by atoms with E-state index in [0.29, 0.717) is 17.9 Å². The van der Waals surface area contributed by atoms with Gasteiger partial charge >= 0.3 is 5.97 Å². The zero-order valence-corrected chi connectivity index (χ0v) is 11.4. The van der Waals surface area contributed by atoms with Crippen LogP contribution < -0.4 is 4.74 Å². The molecule has 3 rings (SSSR count). The number of rotatable bonds is 5. The highest BCUT2D eigenvalue weighted by Crippen LogP contribution is 2.21. The molecule has 0 aliphatic heterocycles. The highest BCUT2D eigenvalue weighted by molar-refractivity contribution is 5.91. The smallest absolute Gasteiger partial charge is 0.371 e. The quantitative estimate of drug-likeness (QED) is 0.780. The van der Waals surface area contributed by atoms with Gasteiger partial charge in [0.25, 0.3) is 0 Å². The number of carboxylic acids is 1. The Hall–Kier alpha value is -2.76. The van der Waals surface area contributed by atoms with Gasteiger partial charge in [-0.15, -0.1) is 0 Å². The maximum atomic E-state index is 10.9. The average Bonchev–Trinajstić information content (AvgIpc) is 3.11. The van der Waals surface area contributed by atoms with E-state index in [-0.39, 0.29) is 5.76 Å². The Balaban J connectivity index is 1.76. The van der Waals surface area contributed by atoms with Gasteiger partial charge in [-0.1, -0.05) is 6.07 Å². The van der Waals surface area contributed by atoms with E-state index in [0.717, 1.165) is 17.5 Å². The van der Waals surface area contributed by atoms with E-state index < -0.39 is 5.97 Å². The van der Waals surface area contributed by atoms with Gasteiger partial charge in [0.1, 0.15) is 12.2 Å². The largest absolute Gasteiger partial charge is 0.486 e. The predicted octanol–water partition coefficient (Wildman–Crippen LogP) is 2.93. The van der Waals surface area contributed by atoms with E-state index in [1.807, 2.05) is 25.3 Å². The molecule has 6 nitrogen and oxygen atoms in total. The van der Waals surface area contributed by atoms with Gasteiger partial charge < -0.3 is 14.3 Å². The molecule has 1 aromatic carbocycles. The minimum atomic E-state index is -1.07. The molecular formula is C15H14N2O4. The number of carboxylic acid groups (broad SMARTS) is 1. The molecule has 0 aliphatic rings. The molecule has 0 atom stereocenters. The fourth-order valence-corrected chi connectivity index (χ4v) is 2.05. The van der Waals surface area contributed by atoms with Crippen LogP contribution in [0, 0.1) is 0 Å². The second-order valence-electron chi connectivity index (χ2n) is 4.61. The molecule has 3 aromatic rings. The Morgan fingerprint density at radius 2 is 2.29 bits per heavy atom. The van der Waals surface area contributed by atoms with Gasteiger partial charge in [-0.3, -0.25) is 4.68 Å². The highest BCUT2D eigenvalue weighted by Gasteiger charge is 2.10. The summed E-state index contributed by atoms with van der Waals surface area (Å²) >= 11 is 0. The van der Waals surface area contributed by atoms with E-state index >= 15 is 0 Å². The van der Waals surface area contributed by atoms with Crippen LogP contribution in [0.2, 0.25) is 0 Å². The first-order valence-electron chi connectivity index (χ1n) is 6.56. The van der Waals surface area contributed by atoms with Gasteiger partial charge in [-0.05, 0) is 30.7 Å². The SMILES string of the molecule is CCn1cc(OCc2ccc3oc(C(=O)O)cc3c2)cn1. The molecule has 6 heteroatoms. The van der Waals surface area contributed by atoms with Crippen molar-refractivity contribution in [1.82, 2.24) is 9.78 Å². The molecule has 0 amide bonds. The highest BCUT2D eigenvalue weighted by atomic mass is 16.5. The maximum Gasteiger partial charge on any atom is 0.371 e. The molecule has 108 valence electrons. The van der Waals surface area contributed by atoms with Crippen LogP contribution >= 0.6 is 0 Å². The Kier molecular flexibility index (Phi) is 3.35. The maximum absolute atomic E-state index is 10.9. The lowest BCUT2D eigenvalue weighted by atomic mass is 10.2. The molecule has 0 unspecified atom stereocenters. The number of aromatic nitrogens is 2. The van der Waals surface area contributed by atoms with Crippen molar-refractivity contribution in [3.05, 3.63) is 48.0 Å². The Morgan fingerprint density at radius 3 is 3.00 bits per heavy atom. The third-order valence-electron chi connectivity index (χ3n) is 3.13. The zero-order chi connectivity index (χ0) is 14.8. The summed E-state index contributed by atoms with van der Waals surface area (Å²) in [5, 5.41) is 13.8. The minimum absolute atomic E-state index is 0.0627. The van der Waals surface area contributed by atoms with Crippen molar-refractivity contribution in [1.29, 1.82) is 0 Å². The summed E-state index contributed by atoms with van der Waals surface area (Å²) in [6, 6.07) is 6.96. The molecule has 0 saturated heterocycles. The Labute approximate surface area is 120 Å². The summed E-state index contributed by atoms with van der Waals surface area (Å²) in [6.45, 7) is 3.19. The Bertz CT molecular complexity index is 788. The fourth-order valence-electron chi connectivity index (χ4n) is 2.05. The van der Waals surface area contributed by atoms with Crippen LogP contribution in [0.4, 0.5) is 0 Å². The molecule has 21 heavy (non-hydrogen) atoms. The van der Waals surface area contributed by atoms with E-state index in [1.165, 1.54) is 6.07 Å². The van der Waals surface area contributed by atoms with Crippen LogP contribution in [-0.2, 0) is 13.2 Å². The van der Waals surface area contributed by atoms with Crippen LogP contribution in [0.5, 0.6) is 5.75 Å². The number of furan rings is 1. The number of hydrogen-bond donors (Lipinski definition) is 1. The number of carbonyl (C=O) groups is 1. The summed E-state index contributed by atoms with van der Waals surface area (Å²) in [5.74, 6) is -0.432. The van der Waals surface area contributed by atoms with Crippen molar-refractivity contribution in [2.24, 2.45) is 0 Å². The fraction of sp³-hybridized carbons (Fsp3) is 0.200. The van der Waals surface area contributed by atoms with Crippen molar-refractivity contribution < 1.29 is 19.1 Å². The van der Waals surface area contributed by atoms with Crippen LogP contribution in [0.15, 0.2) is 41.1 Å². The second kappa shape index (κ2) is 5.32. The topological polar surface area (TPSA) is 77.5 Å². The van der Waals surface area contributed by atoms with Crippen molar-refractivity contribution in [3.8, 4) is 5.75 Å². The molecule has 1 N–H and O–H groups in total. The lowest BCUT2D eigenvalue weighted by Crippen LogP contribution is -1.95. The van der Waals surface area contributed by atoms with Crippen molar-refractivity contribution in [2.75, 3.05) is 0 Å². The molecule has 0 aliphatic carbocycles. The monoisotopic (exact) mass is 286 g/mol. The number of hydrogen-bond acceptors (Lipinski definition) is 4. The second-order valence-corrected chi connectivity index (χ2v) is 4.61. The van der Waals surface area contributed by atoms with Crippen LogP contribution in [0.1, 0.15) is 23.0 Å². The van der Waals surface area contributed by atoms with Crippen molar-refractivity contribution in [3.63, 3.8) is 0 Å². The molecule has 2 aromatic heterocycles. The normalized spacial score (nSPS) is 10.9. The summed E-state index contributed by atoms with van der Waals surface area (Å²) in [7, 11) is 0.